The van der Waals surface area contributed by atoms with E-state index < -0.39 is 12.7 Å². The molecule has 1 aromatic heterocycles. The van der Waals surface area contributed by atoms with Gasteiger partial charge in [-0.15, -0.1) is 0 Å². The summed E-state index contributed by atoms with van der Waals surface area (Å²) in [4.78, 5) is 5.24. The molecule has 3 nitrogen and oxygen atoms in total. The largest absolute Gasteiger partial charge is 0.405 e. The number of alkyl halides is 3. The van der Waals surface area contributed by atoms with Gasteiger partial charge < -0.3 is 10.2 Å². The summed E-state index contributed by atoms with van der Waals surface area (Å²) in [6.45, 7) is 5.64. The lowest BCUT2D eigenvalue weighted by atomic mass is 10.2. The first-order valence-electron chi connectivity index (χ1n) is 6.43. The van der Waals surface area contributed by atoms with Crippen LogP contribution in [0, 0.1) is 0 Å². The Kier molecular flexibility index (Phi) is 6.07. The van der Waals surface area contributed by atoms with Crippen molar-refractivity contribution in [1.29, 1.82) is 0 Å². The van der Waals surface area contributed by atoms with Crippen LogP contribution in [0.3, 0.4) is 0 Å². The maximum absolute atomic E-state index is 12.6. The zero-order chi connectivity index (χ0) is 15.3. The lowest BCUT2D eigenvalue weighted by molar-refractivity contribution is -0.120. The Morgan fingerprint density at radius 3 is 2.50 bits per heavy atom. The van der Waals surface area contributed by atoms with Gasteiger partial charge in [-0.25, -0.2) is 4.98 Å². The molecule has 114 valence electrons. The van der Waals surface area contributed by atoms with Crippen molar-refractivity contribution in [3.63, 3.8) is 0 Å². The van der Waals surface area contributed by atoms with Crippen molar-refractivity contribution in [1.82, 2.24) is 10.3 Å². The molecule has 0 spiro atoms. The van der Waals surface area contributed by atoms with Crippen LogP contribution in [0.5, 0.6) is 0 Å². The second kappa shape index (κ2) is 7.13. The highest BCUT2D eigenvalue weighted by molar-refractivity contribution is 6.33. The van der Waals surface area contributed by atoms with Gasteiger partial charge in [-0.05, 0) is 32.0 Å². The monoisotopic (exact) mass is 309 g/mol. The maximum Gasteiger partial charge on any atom is 0.405 e. The number of nitrogens with zero attached hydrogens (tertiary/aromatic N) is 2. The fraction of sp³-hybridized carbons (Fsp3) is 0.615. The number of hydrogen-bond donors (Lipinski definition) is 1. The van der Waals surface area contributed by atoms with Crippen LogP contribution in [-0.4, -0.2) is 30.3 Å². The molecule has 0 aliphatic heterocycles. The third kappa shape index (κ3) is 5.17. The first-order valence-corrected chi connectivity index (χ1v) is 6.81. The van der Waals surface area contributed by atoms with Gasteiger partial charge in [0, 0.05) is 18.8 Å². The number of pyridine rings is 1. The molecule has 0 atom stereocenters. The second-order valence-corrected chi connectivity index (χ2v) is 5.17. The van der Waals surface area contributed by atoms with E-state index in [9.17, 15) is 13.2 Å². The van der Waals surface area contributed by atoms with Crippen LogP contribution in [0.1, 0.15) is 26.3 Å². The first-order chi connectivity index (χ1) is 9.24. The second-order valence-electron chi connectivity index (χ2n) is 4.77. The third-order valence-corrected chi connectivity index (χ3v) is 2.98. The van der Waals surface area contributed by atoms with E-state index in [4.69, 9.17) is 11.6 Å². The summed E-state index contributed by atoms with van der Waals surface area (Å²) in [5.41, 5.74) is 0.844. The Morgan fingerprint density at radius 2 is 2.05 bits per heavy atom. The Labute approximate surface area is 122 Å². The van der Waals surface area contributed by atoms with Gasteiger partial charge in [0.2, 0.25) is 0 Å². The zero-order valence-corrected chi connectivity index (χ0v) is 12.5. The van der Waals surface area contributed by atoms with Crippen LogP contribution in [0.4, 0.5) is 19.0 Å². The Morgan fingerprint density at radius 1 is 1.40 bits per heavy atom. The molecular formula is C13H19ClF3N3. The highest BCUT2D eigenvalue weighted by Crippen LogP contribution is 2.29. The molecular weight excluding hydrogens is 291 g/mol. The Balaban J connectivity index is 2.97. The summed E-state index contributed by atoms with van der Waals surface area (Å²) >= 11 is 6.08. The molecule has 1 aromatic rings. The molecule has 0 saturated heterocycles. The lowest BCUT2D eigenvalue weighted by Crippen LogP contribution is -2.39. The fourth-order valence-electron chi connectivity index (χ4n) is 1.74. The molecule has 0 aromatic carbocycles. The van der Waals surface area contributed by atoms with Crippen molar-refractivity contribution in [2.75, 3.05) is 18.0 Å². The molecule has 7 heteroatoms. The van der Waals surface area contributed by atoms with Crippen LogP contribution in [0.25, 0.3) is 0 Å². The maximum atomic E-state index is 12.6. The Hall–Kier alpha value is -1.01. The minimum Gasteiger partial charge on any atom is -0.344 e. The van der Waals surface area contributed by atoms with Gasteiger partial charge in [0.1, 0.15) is 12.4 Å². The van der Waals surface area contributed by atoms with Crippen LogP contribution in [0.15, 0.2) is 12.3 Å². The van der Waals surface area contributed by atoms with E-state index >= 15 is 0 Å². The number of hydrogen-bond acceptors (Lipinski definition) is 3. The third-order valence-electron chi connectivity index (χ3n) is 2.70. The Bertz CT molecular complexity index is 435. The SMILES string of the molecule is CCNCc1cnc(N(CC(F)(F)F)C(C)C)c(Cl)c1. The summed E-state index contributed by atoms with van der Waals surface area (Å²) in [6.07, 6.45) is -2.74. The number of rotatable bonds is 6. The topological polar surface area (TPSA) is 28.2 Å². The van der Waals surface area contributed by atoms with Crippen LogP contribution in [-0.2, 0) is 6.54 Å². The number of nitrogens with one attached hydrogen (secondary N) is 1. The molecule has 20 heavy (non-hydrogen) atoms. The lowest BCUT2D eigenvalue weighted by Gasteiger charge is -2.29. The van der Waals surface area contributed by atoms with E-state index in [0.29, 0.717) is 6.54 Å². The molecule has 0 saturated carbocycles. The molecule has 1 rings (SSSR count). The minimum absolute atomic E-state index is 0.166. The van der Waals surface area contributed by atoms with Crippen LogP contribution >= 0.6 is 11.6 Å². The van der Waals surface area contributed by atoms with Crippen LogP contribution in [0.2, 0.25) is 5.02 Å². The molecule has 0 fully saturated rings. The van der Waals surface area contributed by atoms with Gasteiger partial charge in [0.15, 0.2) is 0 Å². The minimum atomic E-state index is -4.29. The van der Waals surface area contributed by atoms with Crippen molar-refractivity contribution >= 4 is 17.4 Å². The predicted molar refractivity (Wildman–Crippen MR) is 75.2 cm³/mol. The van der Waals surface area contributed by atoms with Gasteiger partial charge in [-0.3, -0.25) is 0 Å². The zero-order valence-electron chi connectivity index (χ0n) is 11.8. The summed E-state index contributed by atoms with van der Waals surface area (Å²) < 4.78 is 37.8. The molecule has 0 aliphatic rings. The normalized spacial score (nSPS) is 12.0. The summed E-state index contributed by atoms with van der Waals surface area (Å²) in [5, 5.41) is 3.34. The van der Waals surface area contributed by atoms with Gasteiger partial charge >= 0.3 is 6.18 Å². The van der Waals surface area contributed by atoms with Gasteiger partial charge in [-0.1, -0.05) is 18.5 Å². The van der Waals surface area contributed by atoms with Gasteiger partial charge in [-0.2, -0.15) is 13.2 Å². The van der Waals surface area contributed by atoms with E-state index in [1.54, 1.807) is 26.1 Å². The van der Waals surface area contributed by atoms with Gasteiger partial charge in [0.25, 0.3) is 0 Å². The van der Waals surface area contributed by atoms with Crippen molar-refractivity contribution in [2.45, 2.75) is 39.5 Å². The molecule has 0 unspecified atom stereocenters. The van der Waals surface area contributed by atoms with E-state index in [-0.39, 0.29) is 16.9 Å². The highest BCUT2D eigenvalue weighted by atomic mass is 35.5. The summed E-state index contributed by atoms with van der Waals surface area (Å²) in [5.74, 6) is 0.166. The fourth-order valence-corrected chi connectivity index (χ4v) is 2.04. The summed E-state index contributed by atoms with van der Waals surface area (Å²) in [6, 6.07) is 1.31. The number of aromatic nitrogens is 1. The van der Waals surface area contributed by atoms with Crippen molar-refractivity contribution in [3.05, 3.63) is 22.8 Å². The van der Waals surface area contributed by atoms with E-state index in [0.717, 1.165) is 17.0 Å². The molecule has 0 radical (unpaired) electrons. The highest BCUT2D eigenvalue weighted by Gasteiger charge is 2.33. The number of anilines is 1. The quantitative estimate of drug-likeness (QED) is 0.870. The molecule has 1 N–H and O–H groups in total. The molecule has 0 aliphatic carbocycles. The average molecular weight is 310 g/mol. The van der Waals surface area contributed by atoms with E-state index in [2.05, 4.69) is 10.3 Å². The van der Waals surface area contributed by atoms with Gasteiger partial charge in [0.05, 0.1) is 5.02 Å². The molecule has 1 heterocycles. The standard InChI is InChI=1S/C13H19ClF3N3/c1-4-18-6-10-5-11(14)12(19-7-10)20(9(2)3)8-13(15,16)17/h5,7,9,18H,4,6,8H2,1-3H3. The van der Waals surface area contributed by atoms with E-state index in [1.807, 2.05) is 6.92 Å². The molecule has 0 amide bonds. The van der Waals surface area contributed by atoms with Crippen LogP contribution < -0.4 is 10.2 Å². The molecule has 0 bridgehead atoms. The smallest absolute Gasteiger partial charge is 0.344 e. The van der Waals surface area contributed by atoms with Crippen molar-refractivity contribution < 1.29 is 13.2 Å². The predicted octanol–water partition coefficient (Wildman–Crippen LogP) is 3.62. The summed E-state index contributed by atoms with van der Waals surface area (Å²) in [7, 11) is 0. The van der Waals surface area contributed by atoms with Crippen molar-refractivity contribution in [3.8, 4) is 0 Å². The van der Waals surface area contributed by atoms with E-state index in [1.165, 1.54) is 0 Å². The number of halogens is 4. The van der Waals surface area contributed by atoms with Crippen molar-refractivity contribution in [2.24, 2.45) is 0 Å². The first kappa shape index (κ1) is 17.0. The average Bonchev–Trinajstić information content (AvgIpc) is 2.32.